The molecule has 6 heteroatoms. The highest BCUT2D eigenvalue weighted by Crippen LogP contribution is 2.32. The van der Waals surface area contributed by atoms with Crippen LogP contribution in [0.2, 0.25) is 0 Å². The van der Waals surface area contributed by atoms with Crippen molar-refractivity contribution >= 4 is 17.8 Å². The zero-order valence-corrected chi connectivity index (χ0v) is 11.8. The van der Waals surface area contributed by atoms with E-state index < -0.39 is 0 Å². The Bertz CT molecular complexity index is 698. The molecule has 0 unspecified atom stereocenters. The molecule has 0 radical (unpaired) electrons. The van der Waals surface area contributed by atoms with E-state index in [0.717, 1.165) is 5.75 Å². The Morgan fingerprint density at radius 2 is 1.76 bits per heavy atom. The van der Waals surface area contributed by atoms with Crippen LogP contribution in [0.5, 0.6) is 17.2 Å². The predicted molar refractivity (Wildman–Crippen MR) is 80.9 cm³/mol. The number of nitrogens with zero attached hydrogens (tertiary/aromatic N) is 3. The predicted octanol–water partition coefficient (Wildman–Crippen LogP) is 3.62. The number of ether oxygens (including phenoxy) is 1. The van der Waals surface area contributed by atoms with E-state index in [2.05, 4.69) is 4.40 Å². The molecule has 2 aromatic carbocycles. The molecule has 0 bridgehead atoms. The van der Waals surface area contributed by atoms with E-state index in [0.29, 0.717) is 17.4 Å². The quantitative estimate of drug-likeness (QED) is 0.807. The molecule has 0 spiro atoms. The highest BCUT2D eigenvalue weighted by molar-refractivity contribution is 7.98. The number of hydrogen-bond acceptors (Lipinski definition) is 6. The SMILES string of the molecule is N#CC1=NSCN1Oc1ccccc1Oc1ccccc1. The summed E-state index contributed by atoms with van der Waals surface area (Å²) in [6.07, 6.45) is 0. The van der Waals surface area contributed by atoms with Gasteiger partial charge >= 0.3 is 0 Å². The lowest BCUT2D eigenvalue weighted by Gasteiger charge is -2.18. The number of rotatable bonds is 4. The fourth-order valence-electron chi connectivity index (χ4n) is 1.74. The number of hydrogen-bond donors (Lipinski definition) is 0. The number of amidine groups is 1. The molecule has 3 rings (SSSR count). The van der Waals surface area contributed by atoms with Crippen LogP contribution in [0.1, 0.15) is 0 Å². The van der Waals surface area contributed by atoms with Gasteiger partial charge in [0.25, 0.3) is 0 Å². The maximum atomic E-state index is 8.97. The van der Waals surface area contributed by atoms with E-state index in [9.17, 15) is 0 Å². The van der Waals surface area contributed by atoms with Crippen LogP contribution < -0.4 is 9.57 Å². The molecule has 5 nitrogen and oxygen atoms in total. The molecule has 0 aliphatic carbocycles. The van der Waals surface area contributed by atoms with Gasteiger partial charge in [0.15, 0.2) is 11.5 Å². The fraction of sp³-hybridized carbons (Fsp3) is 0.0667. The molecule has 0 atom stereocenters. The summed E-state index contributed by atoms with van der Waals surface area (Å²) < 4.78 is 9.79. The Kier molecular flexibility index (Phi) is 3.94. The maximum absolute atomic E-state index is 8.97. The third kappa shape index (κ3) is 3.09. The molecule has 0 saturated heterocycles. The smallest absolute Gasteiger partial charge is 0.249 e. The molecule has 21 heavy (non-hydrogen) atoms. The summed E-state index contributed by atoms with van der Waals surface area (Å²) in [7, 11) is 0. The molecule has 1 aliphatic heterocycles. The lowest BCUT2D eigenvalue weighted by molar-refractivity contribution is 0.0423. The van der Waals surface area contributed by atoms with Crippen LogP contribution in [0.15, 0.2) is 59.0 Å². The van der Waals surface area contributed by atoms with E-state index in [1.54, 1.807) is 6.07 Å². The van der Waals surface area contributed by atoms with Gasteiger partial charge in [0, 0.05) is 11.9 Å². The standard InChI is InChI=1S/C15H11N3O2S/c16-10-15-17-21-11-18(15)20-14-9-5-4-8-13(14)19-12-6-2-1-3-7-12/h1-9H,11H2. The summed E-state index contributed by atoms with van der Waals surface area (Å²) in [6.45, 7) is 0. The second kappa shape index (κ2) is 6.20. The Morgan fingerprint density at radius 1 is 1.05 bits per heavy atom. The minimum atomic E-state index is 0.245. The number of hydroxylamine groups is 2. The van der Waals surface area contributed by atoms with Gasteiger partial charge in [-0.15, -0.1) is 0 Å². The van der Waals surface area contributed by atoms with E-state index in [4.69, 9.17) is 14.8 Å². The van der Waals surface area contributed by atoms with Gasteiger partial charge in [0.1, 0.15) is 17.7 Å². The van der Waals surface area contributed by atoms with Gasteiger partial charge in [0.05, 0.1) is 0 Å². The Labute approximate surface area is 126 Å². The molecular formula is C15H11N3O2S. The van der Waals surface area contributed by atoms with Crippen LogP contribution in [-0.2, 0) is 0 Å². The van der Waals surface area contributed by atoms with Gasteiger partial charge in [0.2, 0.25) is 5.84 Å². The van der Waals surface area contributed by atoms with Crippen molar-refractivity contribution in [3.8, 4) is 23.3 Å². The largest absolute Gasteiger partial charge is 0.453 e. The summed E-state index contributed by atoms with van der Waals surface area (Å²) in [4.78, 5) is 5.72. The van der Waals surface area contributed by atoms with E-state index >= 15 is 0 Å². The molecule has 104 valence electrons. The van der Waals surface area contributed by atoms with Crippen LogP contribution in [0.25, 0.3) is 0 Å². The van der Waals surface area contributed by atoms with Crippen molar-refractivity contribution in [3.05, 3.63) is 54.6 Å². The summed E-state index contributed by atoms with van der Waals surface area (Å²) >= 11 is 1.27. The molecule has 0 amide bonds. The number of nitriles is 1. The first-order valence-electron chi connectivity index (χ1n) is 6.24. The van der Waals surface area contributed by atoms with Crippen LogP contribution in [0.4, 0.5) is 0 Å². The minimum absolute atomic E-state index is 0.245. The van der Waals surface area contributed by atoms with E-state index in [1.807, 2.05) is 54.6 Å². The highest BCUT2D eigenvalue weighted by atomic mass is 32.2. The second-order valence-corrected chi connectivity index (χ2v) is 4.82. The van der Waals surface area contributed by atoms with Gasteiger partial charge in [-0.05, 0) is 24.3 Å². The average Bonchev–Trinajstić information content (AvgIpc) is 2.97. The summed E-state index contributed by atoms with van der Waals surface area (Å²) in [5, 5.41) is 10.4. The summed E-state index contributed by atoms with van der Waals surface area (Å²) in [5.74, 6) is 2.56. The minimum Gasteiger partial charge on any atom is -0.453 e. The zero-order valence-electron chi connectivity index (χ0n) is 11.0. The number of benzene rings is 2. The average molecular weight is 297 g/mol. The van der Waals surface area contributed by atoms with Crippen LogP contribution in [0.3, 0.4) is 0 Å². The van der Waals surface area contributed by atoms with Gasteiger partial charge in [-0.25, -0.2) is 0 Å². The summed E-state index contributed by atoms with van der Waals surface area (Å²) in [6, 6.07) is 18.8. The van der Waals surface area contributed by atoms with Gasteiger partial charge in [-0.3, -0.25) is 0 Å². The molecule has 0 saturated carbocycles. The first-order valence-corrected chi connectivity index (χ1v) is 7.18. The van der Waals surface area contributed by atoms with Crippen LogP contribution >= 0.6 is 11.9 Å². The number of para-hydroxylation sites is 3. The van der Waals surface area contributed by atoms with Gasteiger partial charge < -0.3 is 9.57 Å². The normalized spacial score (nSPS) is 13.5. The summed E-state index contributed by atoms with van der Waals surface area (Å²) in [5.41, 5.74) is 0. The fourth-order valence-corrected chi connectivity index (χ4v) is 2.33. The maximum Gasteiger partial charge on any atom is 0.249 e. The molecule has 2 aromatic rings. The molecular weight excluding hydrogens is 286 g/mol. The van der Waals surface area contributed by atoms with E-state index in [1.165, 1.54) is 17.0 Å². The van der Waals surface area contributed by atoms with Crippen molar-refractivity contribution < 1.29 is 9.57 Å². The lowest BCUT2D eigenvalue weighted by Crippen LogP contribution is -2.29. The molecule has 1 heterocycles. The first kappa shape index (κ1) is 13.3. The lowest BCUT2D eigenvalue weighted by atomic mass is 10.3. The molecule has 0 fully saturated rings. The zero-order chi connectivity index (χ0) is 14.5. The van der Waals surface area contributed by atoms with Gasteiger partial charge in [-0.2, -0.15) is 14.7 Å². The topological polar surface area (TPSA) is 57.9 Å². The first-order chi connectivity index (χ1) is 10.4. The second-order valence-electron chi connectivity index (χ2n) is 4.12. The monoisotopic (exact) mass is 297 g/mol. The van der Waals surface area contributed by atoms with Crippen molar-refractivity contribution in [2.24, 2.45) is 4.40 Å². The Balaban J connectivity index is 1.80. The third-order valence-corrected chi connectivity index (χ3v) is 3.34. The van der Waals surface area contributed by atoms with Crippen molar-refractivity contribution in [1.82, 2.24) is 5.06 Å². The third-order valence-electron chi connectivity index (χ3n) is 2.69. The van der Waals surface area contributed by atoms with Crippen molar-refractivity contribution in [2.45, 2.75) is 0 Å². The molecule has 0 aromatic heterocycles. The highest BCUT2D eigenvalue weighted by Gasteiger charge is 2.21. The van der Waals surface area contributed by atoms with Crippen molar-refractivity contribution in [1.29, 1.82) is 5.26 Å². The van der Waals surface area contributed by atoms with Crippen molar-refractivity contribution in [3.63, 3.8) is 0 Å². The van der Waals surface area contributed by atoms with Crippen LogP contribution in [0, 0.1) is 11.3 Å². The Morgan fingerprint density at radius 3 is 2.52 bits per heavy atom. The molecule has 0 N–H and O–H groups in total. The van der Waals surface area contributed by atoms with E-state index in [-0.39, 0.29) is 5.84 Å². The molecule has 1 aliphatic rings. The van der Waals surface area contributed by atoms with Crippen LogP contribution in [-0.4, -0.2) is 16.8 Å². The Hall–Kier alpha value is -2.65. The van der Waals surface area contributed by atoms with Gasteiger partial charge in [-0.1, -0.05) is 30.3 Å². The van der Waals surface area contributed by atoms with Crippen molar-refractivity contribution in [2.75, 3.05) is 5.88 Å².